The second-order valence-electron chi connectivity index (χ2n) is 3.39. The zero-order valence-electron chi connectivity index (χ0n) is 9.47. The Bertz CT molecular complexity index is 423. The van der Waals surface area contributed by atoms with Gasteiger partial charge in [0, 0.05) is 19.7 Å². The molecule has 0 radical (unpaired) electrons. The van der Waals surface area contributed by atoms with Crippen LogP contribution in [0.2, 0.25) is 15.1 Å². The molecule has 0 spiro atoms. The maximum Gasteiger partial charge on any atom is 0.260 e. The van der Waals surface area contributed by atoms with Crippen molar-refractivity contribution < 1.29 is 9.53 Å². The number of hydrogen-bond acceptors (Lipinski definition) is 2. The summed E-state index contributed by atoms with van der Waals surface area (Å²) in [6.07, 6.45) is 0. The van der Waals surface area contributed by atoms with Crippen LogP contribution in [0.1, 0.15) is 6.92 Å². The molecule has 3 nitrogen and oxygen atoms in total. The highest BCUT2D eigenvalue weighted by Crippen LogP contribution is 2.33. The van der Waals surface area contributed by atoms with Crippen LogP contribution in [0.15, 0.2) is 12.1 Å². The molecule has 0 fully saturated rings. The SMILES string of the molecule is CCN(C)C(=O)COc1cc(Cl)c(Cl)cc1Cl. The predicted octanol–water partition coefficient (Wildman–Crippen LogP) is 3.50. The van der Waals surface area contributed by atoms with Crippen LogP contribution in [-0.2, 0) is 4.79 Å². The zero-order valence-corrected chi connectivity index (χ0v) is 11.7. The summed E-state index contributed by atoms with van der Waals surface area (Å²) in [5.41, 5.74) is 0. The second-order valence-corrected chi connectivity index (χ2v) is 4.61. The van der Waals surface area contributed by atoms with Gasteiger partial charge in [0.2, 0.25) is 0 Å². The maximum absolute atomic E-state index is 11.5. The molecule has 1 rings (SSSR count). The molecule has 1 aromatic rings. The van der Waals surface area contributed by atoms with Crippen molar-refractivity contribution in [3.63, 3.8) is 0 Å². The molecule has 1 amide bonds. The van der Waals surface area contributed by atoms with Gasteiger partial charge in [0.05, 0.1) is 15.1 Å². The molecule has 0 saturated carbocycles. The average molecular weight is 297 g/mol. The molecule has 0 bridgehead atoms. The molecule has 1 aromatic carbocycles. The van der Waals surface area contributed by atoms with E-state index in [0.29, 0.717) is 27.4 Å². The molecule has 6 heteroatoms. The molecule has 0 aromatic heterocycles. The first-order chi connectivity index (χ1) is 7.95. The molecule has 0 aliphatic carbocycles. The number of ether oxygens (including phenoxy) is 1. The third-order valence-electron chi connectivity index (χ3n) is 2.23. The highest BCUT2D eigenvalue weighted by molar-refractivity contribution is 6.43. The molecular weight excluding hydrogens is 284 g/mol. The van der Waals surface area contributed by atoms with Crippen LogP contribution in [0.25, 0.3) is 0 Å². The first-order valence-electron chi connectivity index (χ1n) is 4.97. The molecule has 0 atom stereocenters. The minimum atomic E-state index is -0.130. The van der Waals surface area contributed by atoms with E-state index < -0.39 is 0 Å². The Labute approximate surface area is 115 Å². The summed E-state index contributed by atoms with van der Waals surface area (Å²) in [6, 6.07) is 2.97. The lowest BCUT2D eigenvalue weighted by Gasteiger charge is -2.15. The highest BCUT2D eigenvalue weighted by Gasteiger charge is 2.11. The Morgan fingerprint density at radius 1 is 1.24 bits per heavy atom. The van der Waals surface area contributed by atoms with E-state index >= 15 is 0 Å². The summed E-state index contributed by atoms with van der Waals surface area (Å²) in [5, 5.41) is 1.01. The second kappa shape index (κ2) is 6.34. The molecule has 0 heterocycles. The fourth-order valence-electron chi connectivity index (χ4n) is 1.04. The van der Waals surface area contributed by atoms with Crippen molar-refractivity contribution in [2.75, 3.05) is 20.2 Å². The Morgan fingerprint density at radius 3 is 2.41 bits per heavy atom. The third kappa shape index (κ3) is 3.95. The first kappa shape index (κ1) is 14.4. The van der Waals surface area contributed by atoms with Gasteiger partial charge in [0.1, 0.15) is 5.75 Å². The van der Waals surface area contributed by atoms with Crippen LogP contribution >= 0.6 is 34.8 Å². The van der Waals surface area contributed by atoms with Gasteiger partial charge < -0.3 is 9.64 Å². The third-order valence-corrected chi connectivity index (χ3v) is 3.24. The molecule has 94 valence electrons. The standard InChI is InChI=1S/C11H12Cl3NO2/c1-3-15(2)11(16)6-17-10-5-8(13)7(12)4-9(10)14/h4-5H,3,6H2,1-2H3. The summed E-state index contributed by atoms with van der Waals surface area (Å²) in [5.74, 6) is 0.216. The molecular formula is C11H12Cl3NO2. The first-order valence-corrected chi connectivity index (χ1v) is 6.10. The fraction of sp³-hybridized carbons (Fsp3) is 0.364. The number of rotatable bonds is 4. The fourth-order valence-corrected chi connectivity index (χ4v) is 1.63. The van der Waals surface area contributed by atoms with Crippen molar-refractivity contribution >= 4 is 40.7 Å². The predicted molar refractivity (Wildman–Crippen MR) is 70.3 cm³/mol. The smallest absolute Gasteiger partial charge is 0.260 e. The van der Waals surface area contributed by atoms with E-state index in [1.54, 1.807) is 11.9 Å². The topological polar surface area (TPSA) is 29.5 Å². The number of carbonyl (C=O) groups is 1. The minimum Gasteiger partial charge on any atom is -0.482 e. The van der Waals surface area contributed by atoms with Gasteiger partial charge in [-0.05, 0) is 13.0 Å². The number of likely N-dealkylation sites (N-methyl/N-ethyl adjacent to an activating group) is 1. The highest BCUT2D eigenvalue weighted by atomic mass is 35.5. The molecule has 0 unspecified atom stereocenters. The monoisotopic (exact) mass is 295 g/mol. The quantitative estimate of drug-likeness (QED) is 0.796. The van der Waals surface area contributed by atoms with Crippen molar-refractivity contribution in [2.24, 2.45) is 0 Å². The zero-order chi connectivity index (χ0) is 13.0. The van der Waals surface area contributed by atoms with Crippen molar-refractivity contribution in [1.29, 1.82) is 0 Å². The Hall–Kier alpha value is -0.640. The molecule has 0 aliphatic heterocycles. The summed E-state index contributed by atoms with van der Waals surface area (Å²) in [7, 11) is 1.70. The van der Waals surface area contributed by atoms with Crippen LogP contribution in [0.4, 0.5) is 0 Å². The van der Waals surface area contributed by atoms with Gasteiger partial charge in [-0.15, -0.1) is 0 Å². The van der Waals surface area contributed by atoms with E-state index in [0.717, 1.165) is 0 Å². The van der Waals surface area contributed by atoms with Gasteiger partial charge in [0.25, 0.3) is 5.91 Å². The molecule has 0 aliphatic rings. The lowest BCUT2D eigenvalue weighted by molar-refractivity contribution is -0.131. The average Bonchev–Trinajstić information content (AvgIpc) is 2.30. The van der Waals surface area contributed by atoms with Gasteiger partial charge in [-0.2, -0.15) is 0 Å². The summed E-state index contributed by atoms with van der Waals surface area (Å²) in [6.45, 7) is 2.42. The van der Waals surface area contributed by atoms with Crippen LogP contribution in [0, 0.1) is 0 Å². The van der Waals surface area contributed by atoms with Gasteiger partial charge in [0.15, 0.2) is 6.61 Å². The van der Waals surface area contributed by atoms with E-state index in [-0.39, 0.29) is 12.5 Å². The van der Waals surface area contributed by atoms with Crippen LogP contribution < -0.4 is 4.74 Å². The van der Waals surface area contributed by atoms with Crippen molar-refractivity contribution in [1.82, 2.24) is 4.90 Å². The number of nitrogens with zero attached hydrogens (tertiary/aromatic N) is 1. The number of halogens is 3. The molecule has 17 heavy (non-hydrogen) atoms. The van der Waals surface area contributed by atoms with Crippen molar-refractivity contribution in [2.45, 2.75) is 6.92 Å². The van der Waals surface area contributed by atoms with E-state index in [9.17, 15) is 4.79 Å². The van der Waals surface area contributed by atoms with Crippen LogP contribution in [0.5, 0.6) is 5.75 Å². The van der Waals surface area contributed by atoms with Gasteiger partial charge >= 0.3 is 0 Å². The number of benzene rings is 1. The van der Waals surface area contributed by atoms with E-state index in [2.05, 4.69) is 0 Å². The summed E-state index contributed by atoms with van der Waals surface area (Å²) < 4.78 is 5.29. The largest absolute Gasteiger partial charge is 0.482 e. The lowest BCUT2D eigenvalue weighted by Crippen LogP contribution is -2.31. The lowest BCUT2D eigenvalue weighted by atomic mass is 10.3. The molecule has 0 N–H and O–H groups in total. The minimum absolute atomic E-state index is 0.0813. The number of carbonyl (C=O) groups excluding carboxylic acids is 1. The van der Waals surface area contributed by atoms with E-state index in [1.165, 1.54) is 12.1 Å². The number of amides is 1. The van der Waals surface area contributed by atoms with Gasteiger partial charge in [-0.3, -0.25) is 4.79 Å². The van der Waals surface area contributed by atoms with Crippen molar-refractivity contribution in [3.05, 3.63) is 27.2 Å². The Kier molecular flexibility index (Phi) is 5.37. The maximum atomic E-state index is 11.5. The Morgan fingerprint density at radius 2 is 1.82 bits per heavy atom. The van der Waals surface area contributed by atoms with Crippen molar-refractivity contribution in [3.8, 4) is 5.75 Å². The van der Waals surface area contributed by atoms with Crippen LogP contribution in [-0.4, -0.2) is 31.0 Å². The number of hydrogen-bond donors (Lipinski definition) is 0. The molecule has 0 saturated heterocycles. The van der Waals surface area contributed by atoms with Gasteiger partial charge in [-0.1, -0.05) is 34.8 Å². The summed E-state index contributed by atoms with van der Waals surface area (Å²) >= 11 is 17.5. The van der Waals surface area contributed by atoms with Crippen LogP contribution in [0.3, 0.4) is 0 Å². The van der Waals surface area contributed by atoms with E-state index in [4.69, 9.17) is 39.5 Å². The van der Waals surface area contributed by atoms with Gasteiger partial charge in [-0.25, -0.2) is 0 Å². The normalized spacial score (nSPS) is 10.2. The summed E-state index contributed by atoms with van der Waals surface area (Å²) in [4.78, 5) is 13.1. The van der Waals surface area contributed by atoms with E-state index in [1.807, 2.05) is 6.92 Å². The Balaban J connectivity index is 2.70.